The minimum atomic E-state index is 0.443. The van der Waals surface area contributed by atoms with E-state index in [2.05, 4.69) is 56.9 Å². The Bertz CT molecular complexity index is 192. The molecule has 0 aromatic rings. The van der Waals surface area contributed by atoms with Gasteiger partial charge in [0, 0.05) is 25.2 Å². The van der Waals surface area contributed by atoms with Gasteiger partial charge in [-0.25, -0.2) is 0 Å². The van der Waals surface area contributed by atoms with Gasteiger partial charge in [0.25, 0.3) is 0 Å². The molecular weight excluding hydrogens is 206 g/mol. The fourth-order valence-electron chi connectivity index (χ4n) is 1.23. The first-order valence-electron chi connectivity index (χ1n) is 5.61. The third kappa shape index (κ3) is 5.33. The molecule has 0 amide bonds. The lowest BCUT2D eigenvalue weighted by atomic mass is 10.2. The van der Waals surface area contributed by atoms with E-state index in [1.54, 1.807) is 0 Å². The maximum Gasteiger partial charge on any atom is 0.169 e. The highest BCUT2D eigenvalue weighted by Crippen LogP contribution is 2.03. The summed E-state index contributed by atoms with van der Waals surface area (Å²) >= 11 is 5.35. The van der Waals surface area contributed by atoms with E-state index in [1.165, 1.54) is 0 Å². The van der Waals surface area contributed by atoms with Crippen LogP contribution >= 0.6 is 12.2 Å². The largest absolute Gasteiger partial charge is 0.363 e. The molecule has 0 saturated carbocycles. The van der Waals surface area contributed by atoms with Crippen LogP contribution in [-0.2, 0) is 0 Å². The van der Waals surface area contributed by atoms with Crippen molar-refractivity contribution in [2.24, 2.45) is 0 Å². The maximum absolute atomic E-state index is 5.35. The number of nitrogens with one attached hydrogen (secondary N) is 1. The van der Waals surface area contributed by atoms with Crippen molar-refractivity contribution in [3.63, 3.8) is 0 Å². The molecule has 0 unspecified atom stereocenters. The van der Waals surface area contributed by atoms with E-state index in [1.807, 2.05) is 0 Å². The van der Waals surface area contributed by atoms with Crippen molar-refractivity contribution in [3.05, 3.63) is 0 Å². The van der Waals surface area contributed by atoms with E-state index in [0.29, 0.717) is 12.1 Å². The highest BCUT2D eigenvalue weighted by molar-refractivity contribution is 7.80. The standard InChI is InChI=1S/C11H25N3S/c1-7-12-11(15)14(9(2)3)8-10(4)13(5)6/h9-10H,7-8H2,1-6H3,(H,12,15)/t10-/m1/s1. The minimum absolute atomic E-state index is 0.443. The number of nitrogens with zero attached hydrogens (tertiary/aromatic N) is 2. The normalized spacial score (nSPS) is 13.1. The predicted molar refractivity (Wildman–Crippen MR) is 71.3 cm³/mol. The Morgan fingerprint density at radius 2 is 1.80 bits per heavy atom. The molecule has 15 heavy (non-hydrogen) atoms. The molecule has 0 aliphatic carbocycles. The number of hydrogen-bond acceptors (Lipinski definition) is 2. The Labute approximate surface area is 99.8 Å². The first-order valence-corrected chi connectivity index (χ1v) is 6.01. The Morgan fingerprint density at radius 3 is 2.13 bits per heavy atom. The van der Waals surface area contributed by atoms with Crippen molar-refractivity contribution in [3.8, 4) is 0 Å². The lowest BCUT2D eigenvalue weighted by Gasteiger charge is -2.34. The van der Waals surface area contributed by atoms with Crippen molar-refractivity contribution in [1.29, 1.82) is 0 Å². The van der Waals surface area contributed by atoms with Crippen LogP contribution in [0.4, 0.5) is 0 Å². The third-order valence-corrected chi connectivity index (χ3v) is 2.93. The first kappa shape index (κ1) is 14.6. The van der Waals surface area contributed by atoms with Gasteiger partial charge in [-0.1, -0.05) is 0 Å². The molecular formula is C11H25N3S. The molecule has 0 radical (unpaired) electrons. The number of thiocarbonyl (C=S) groups is 1. The number of likely N-dealkylation sites (N-methyl/N-ethyl adjacent to an activating group) is 1. The fourth-order valence-corrected chi connectivity index (χ4v) is 1.66. The first-order chi connectivity index (χ1) is 6.90. The van der Waals surface area contributed by atoms with E-state index >= 15 is 0 Å². The molecule has 0 saturated heterocycles. The monoisotopic (exact) mass is 231 g/mol. The van der Waals surface area contributed by atoms with Gasteiger partial charge in [0.05, 0.1) is 0 Å². The summed E-state index contributed by atoms with van der Waals surface area (Å²) < 4.78 is 0. The van der Waals surface area contributed by atoms with E-state index in [-0.39, 0.29) is 0 Å². The number of hydrogen-bond donors (Lipinski definition) is 1. The molecule has 0 spiro atoms. The zero-order valence-electron chi connectivity index (χ0n) is 10.9. The van der Waals surface area contributed by atoms with Crippen LogP contribution in [0.1, 0.15) is 27.7 Å². The summed E-state index contributed by atoms with van der Waals surface area (Å²) in [6.45, 7) is 10.5. The molecule has 1 N–H and O–H groups in total. The fraction of sp³-hybridized carbons (Fsp3) is 0.909. The van der Waals surface area contributed by atoms with Crippen molar-refractivity contribution in [1.82, 2.24) is 15.1 Å². The van der Waals surface area contributed by atoms with Gasteiger partial charge in [0.2, 0.25) is 0 Å². The number of rotatable bonds is 5. The Kier molecular flexibility index (Phi) is 6.85. The topological polar surface area (TPSA) is 18.5 Å². The van der Waals surface area contributed by atoms with Crippen LogP contribution in [0, 0.1) is 0 Å². The van der Waals surface area contributed by atoms with Gasteiger partial charge in [-0.05, 0) is 54.0 Å². The zero-order valence-corrected chi connectivity index (χ0v) is 11.7. The Morgan fingerprint density at radius 1 is 1.27 bits per heavy atom. The smallest absolute Gasteiger partial charge is 0.169 e. The summed E-state index contributed by atoms with van der Waals surface area (Å²) in [5.74, 6) is 0. The Balaban J connectivity index is 4.34. The average molecular weight is 231 g/mol. The van der Waals surface area contributed by atoms with Crippen molar-refractivity contribution in [2.75, 3.05) is 27.2 Å². The molecule has 0 aliphatic heterocycles. The second-order valence-corrected chi connectivity index (χ2v) is 4.78. The van der Waals surface area contributed by atoms with Crippen LogP contribution in [0.15, 0.2) is 0 Å². The van der Waals surface area contributed by atoms with E-state index in [4.69, 9.17) is 12.2 Å². The summed E-state index contributed by atoms with van der Waals surface area (Å²) in [4.78, 5) is 4.45. The highest BCUT2D eigenvalue weighted by atomic mass is 32.1. The van der Waals surface area contributed by atoms with Gasteiger partial charge in [-0.3, -0.25) is 0 Å². The quantitative estimate of drug-likeness (QED) is 0.723. The maximum atomic E-state index is 5.35. The molecule has 90 valence electrons. The summed E-state index contributed by atoms with van der Waals surface area (Å²) in [6.07, 6.45) is 0. The molecule has 0 aromatic heterocycles. The minimum Gasteiger partial charge on any atom is -0.363 e. The lowest BCUT2D eigenvalue weighted by Crippen LogP contribution is -2.49. The van der Waals surface area contributed by atoms with Crippen LogP contribution in [0.3, 0.4) is 0 Å². The molecule has 3 nitrogen and oxygen atoms in total. The zero-order chi connectivity index (χ0) is 12.0. The lowest BCUT2D eigenvalue weighted by molar-refractivity contribution is 0.229. The Hall–Kier alpha value is -0.350. The molecule has 0 aromatic carbocycles. The molecule has 0 rings (SSSR count). The van der Waals surface area contributed by atoms with Crippen LogP contribution in [0.25, 0.3) is 0 Å². The summed E-state index contributed by atoms with van der Waals surface area (Å²) in [5, 5.41) is 4.07. The van der Waals surface area contributed by atoms with Crippen LogP contribution in [-0.4, -0.2) is 54.2 Å². The average Bonchev–Trinajstić information content (AvgIpc) is 2.13. The van der Waals surface area contributed by atoms with Gasteiger partial charge in [-0.2, -0.15) is 0 Å². The van der Waals surface area contributed by atoms with Crippen molar-refractivity contribution < 1.29 is 0 Å². The van der Waals surface area contributed by atoms with Crippen LogP contribution in [0.5, 0.6) is 0 Å². The molecule has 1 atom stereocenters. The second kappa shape index (κ2) is 7.01. The van der Waals surface area contributed by atoms with Gasteiger partial charge in [-0.15, -0.1) is 0 Å². The summed E-state index contributed by atoms with van der Waals surface area (Å²) in [7, 11) is 4.19. The summed E-state index contributed by atoms with van der Waals surface area (Å²) in [6, 6.07) is 0.947. The SMILES string of the molecule is CCNC(=S)N(C[C@@H](C)N(C)C)C(C)C. The molecule has 4 heteroatoms. The second-order valence-electron chi connectivity index (χ2n) is 4.39. The van der Waals surface area contributed by atoms with Crippen LogP contribution in [0.2, 0.25) is 0 Å². The summed E-state index contributed by atoms with van der Waals surface area (Å²) in [5.41, 5.74) is 0. The molecule has 0 fully saturated rings. The van der Waals surface area contributed by atoms with E-state index < -0.39 is 0 Å². The van der Waals surface area contributed by atoms with E-state index in [9.17, 15) is 0 Å². The molecule has 0 aliphatic rings. The van der Waals surface area contributed by atoms with Crippen molar-refractivity contribution in [2.45, 2.75) is 39.8 Å². The van der Waals surface area contributed by atoms with E-state index in [0.717, 1.165) is 18.2 Å². The predicted octanol–water partition coefficient (Wildman–Crippen LogP) is 1.54. The molecule has 0 heterocycles. The van der Waals surface area contributed by atoms with Crippen LogP contribution < -0.4 is 5.32 Å². The third-order valence-electron chi connectivity index (χ3n) is 2.55. The van der Waals surface area contributed by atoms with Gasteiger partial charge >= 0.3 is 0 Å². The van der Waals surface area contributed by atoms with Gasteiger partial charge in [0.1, 0.15) is 0 Å². The van der Waals surface area contributed by atoms with Gasteiger partial charge < -0.3 is 15.1 Å². The van der Waals surface area contributed by atoms with Crippen molar-refractivity contribution >= 4 is 17.3 Å². The highest BCUT2D eigenvalue weighted by Gasteiger charge is 2.16. The molecule has 0 bridgehead atoms. The van der Waals surface area contributed by atoms with Gasteiger partial charge in [0.15, 0.2) is 5.11 Å².